The van der Waals surface area contributed by atoms with Gasteiger partial charge in [0.2, 0.25) is 0 Å². The Labute approximate surface area is 137 Å². The molecule has 0 saturated carbocycles. The third-order valence-corrected chi connectivity index (χ3v) is 6.72. The normalized spacial score (nSPS) is 11.7. The van der Waals surface area contributed by atoms with Crippen molar-refractivity contribution in [2.75, 3.05) is 25.6 Å². The molecule has 1 nitrogen and oxygen atoms in total. The molecule has 0 aromatic heterocycles. The molecule has 0 aromatic rings. The van der Waals surface area contributed by atoms with Gasteiger partial charge in [0.15, 0.2) is 0 Å². The summed E-state index contributed by atoms with van der Waals surface area (Å²) in [6.45, 7) is 4.57. The van der Waals surface area contributed by atoms with Crippen molar-refractivity contribution >= 4 is 23.5 Å². The van der Waals surface area contributed by atoms with E-state index in [2.05, 4.69) is 56.4 Å². The second kappa shape index (κ2) is 16.0. The van der Waals surface area contributed by atoms with Gasteiger partial charge in [-0.15, -0.1) is 23.5 Å². The Morgan fingerprint density at radius 3 is 1.40 bits per heavy atom. The van der Waals surface area contributed by atoms with Crippen LogP contribution in [0, 0.1) is 0 Å². The van der Waals surface area contributed by atoms with Crippen molar-refractivity contribution in [3.63, 3.8) is 0 Å². The van der Waals surface area contributed by atoms with E-state index >= 15 is 0 Å². The summed E-state index contributed by atoms with van der Waals surface area (Å²) >= 11 is 4.29. The van der Waals surface area contributed by atoms with Gasteiger partial charge in [-0.1, -0.05) is 65.2 Å². The van der Waals surface area contributed by atoms with E-state index in [1.807, 2.05) is 0 Å². The van der Waals surface area contributed by atoms with Crippen LogP contribution in [0.25, 0.3) is 0 Å². The molecule has 0 spiro atoms. The Morgan fingerprint density at radius 1 is 0.650 bits per heavy atom. The van der Waals surface area contributed by atoms with Crippen LogP contribution in [0.2, 0.25) is 0 Å². The van der Waals surface area contributed by atoms with Crippen LogP contribution < -0.4 is 0 Å². The van der Waals surface area contributed by atoms with Gasteiger partial charge in [-0.2, -0.15) is 0 Å². The highest BCUT2D eigenvalue weighted by Gasteiger charge is 2.11. The van der Waals surface area contributed by atoms with Gasteiger partial charge in [-0.05, 0) is 38.4 Å². The summed E-state index contributed by atoms with van der Waals surface area (Å²) in [6, 6.07) is 0. The average molecular weight is 320 g/mol. The molecule has 0 aliphatic heterocycles. The highest BCUT2D eigenvalue weighted by Crippen LogP contribution is 2.27. The predicted molar refractivity (Wildman–Crippen MR) is 99.9 cm³/mol. The summed E-state index contributed by atoms with van der Waals surface area (Å²) in [5.41, 5.74) is 0. The monoisotopic (exact) mass is 319 g/mol. The summed E-state index contributed by atoms with van der Waals surface area (Å²) in [6.07, 6.45) is 14.0. The Balaban J connectivity index is 3.51. The maximum Gasteiger partial charge on any atom is 0.102 e. The van der Waals surface area contributed by atoms with Gasteiger partial charge >= 0.3 is 0 Å². The second-order valence-corrected chi connectivity index (χ2v) is 8.52. The molecule has 0 aliphatic carbocycles. The minimum atomic E-state index is 0.660. The average Bonchev–Trinajstić information content (AvgIpc) is 2.43. The topological polar surface area (TPSA) is 3.24 Å². The predicted octanol–water partition coefficient (Wildman–Crippen LogP) is 6.24. The Morgan fingerprint density at radius 2 is 1.05 bits per heavy atom. The van der Waals surface area contributed by atoms with Gasteiger partial charge in [-0.3, -0.25) is 4.90 Å². The lowest BCUT2D eigenvalue weighted by molar-refractivity contribution is 0.459. The molecule has 0 rings (SSSR count). The zero-order valence-corrected chi connectivity index (χ0v) is 16.0. The third kappa shape index (κ3) is 13.6. The molecule has 0 aliphatic rings. The summed E-state index contributed by atoms with van der Waals surface area (Å²) in [5, 5.41) is 0. The van der Waals surface area contributed by atoms with Crippen LogP contribution in [-0.4, -0.2) is 35.2 Å². The van der Waals surface area contributed by atoms with Crippen LogP contribution in [0.4, 0.5) is 0 Å². The van der Waals surface area contributed by atoms with Crippen molar-refractivity contribution in [3.8, 4) is 0 Å². The van der Waals surface area contributed by atoms with Gasteiger partial charge in [-0.25, -0.2) is 0 Å². The molecule has 0 heterocycles. The number of thioether (sulfide) groups is 2. The fourth-order valence-corrected chi connectivity index (χ4v) is 4.83. The van der Waals surface area contributed by atoms with Crippen LogP contribution in [0.1, 0.15) is 78.1 Å². The Hall–Kier alpha value is 0.660. The number of rotatable bonds is 15. The molecule has 0 N–H and O–H groups in total. The van der Waals surface area contributed by atoms with Crippen molar-refractivity contribution in [1.29, 1.82) is 0 Å². The first-order valence-electron chi connectivity index (χ1n) is 8.62. The zero-order chi connectivity index (χ0) is 15.1. The molecule has 0 saturated heterocycles. The maximum absolute atomic E-state index is 2.38. The van der Waals surface area contributed by atoms with Crippen molar-refractivity contribution in [1.82, 2.24) is 4.90 Å². The van der Waals surface area contributed by atoms with E-state index in [-0.39, 0.29) is 0 Å². The molecule has 20 heavy (non-hydrogen) atoms. The third-order valence-electron chi connectivity index (χ3n) is 3.44. The van der Waals surface area contributed by atoms with Gasteiger partial charge < -0.3 is 0 Å². The summed E-state index contributed by atoms with van der Waals surface area (Å²) in [5.74, 6) is 2.66. The van der Waals surface area contributed by atoms with E-state index in [1.165, 1.54) is 75.7 Å². The van der Waals surface area contributed by atoms with E-state index in [9.17, 15) is 0 Å². The quantitative estimate of drug-likeness (QED) is 0.260. The van der Waals surface area contributed by atoms with E-state index in [1.54, 1.807) is 0 Å². The molecule has 0 amide bonds. The van der Waals surface area contributed by atoms with E-state index in [0.717, 1.165) is 0 Å². The molecule has 0 unspecified atom stereocenters. The Bertz CT molecular complexity index is 170. The standard InChI is InChI=1S/C17H37NS2/c1-5-7-9-11-13-15-19-17(18(3)4)20-16-14-12-10-8-6-2/h17H,5-16H2,1-4H3. The van der Waals surface area contributed by atoms with Crippen LogP contribution in [-0.2, 0) is 0 Å². The zero-order valence-electron chi connectivity index (χ0n) is 14.3. The molecule has 0 aromatic carbocycles. The highest BCUT2D eigenvalue weighted by molar-refractivity contribution is 8.16. The molecule has 122 valence electrons. The molecule has 0 atom stereocenters. The lowest BCUT2D eigenvalue weighted by atomic mass is 10.2. The smallest absolute Gasteiger partial charge is 0.102 e. The molecule has 0 bridgehead atoms. The molecular formula is C17H37NS2. The van der Waals surface area contributed by atoms with Crippen LogP contribution in [0.3, 0.4) is 0 Å². The molecular weight excluding hydrogens is 282 g/mol. The summed E-state index contributed by atoms with van der Waals surface area (Å²) in [7, 11) is 4.44. The highest BCUT2D eigenvalue weighted by atomic mass is 32.2. The van der Waals surface area contributed by atoms with Crippen LogP contribution in [0.5, 0.6) is 0 Å². The first-order valence-corrected chi connectivity index (χ1v) is 10.7. The number of nitrogens with zero attached hydrogens (tertiary/aromatic N) is 1. The number of hydrogen-bond acceptors (Lipinski definition) is 3. The minimum Gasteiger partial charge on any atom is -0.289 e. The largest absolute Gasteiger partial charge is 0.289 e. The first-order chi connectivity index (χ1) is 9.72. The fourth-order valence-electron chi connectivity index (χ4n) is 2.13. The molecule has 0 radical (unpaired) electrons. The summed E-state index contributed by atoms with van der Waals surface area (Å²) in [4.78, 5) is 2.38. The fraction of sp³-hybridized carbons (Fsp3) is 1.00. The van der Waals surface area contributed by atoms with Gasteiger partial charge in [0.05, 0.1) is 0 Å². The second-order valence-electron chi connectivity index (χ2n) is 5.84. The van der Waals surface area contributed by atoms with E-state index < -0.39 is 0 Å². The number of unbranched alkanes of at least 4 members (excludes halogenated alkanes) is 8. The molecule has 0 fully saturated rings. The SMILES string of the molecule is CCCCCCCSC(SCCCCCCC)N(C)C. The van der Waals surface area contributed by atoms with Crippen LogP contribution >= 0.6 is 23.5 Å². The van der Waals surface area contributed by atoms with Crippen molar-refractivity contribution in [2.24, 2.45) is 0 Å². The molecule has 3 heteroatoms. The lowest BCUT2D eigenvalue weighted by Gasteiger charge is -2.23. The van der Waals surface area contributed by atoms with Crippen molar-refractivity contribution < 1.29 is 0 Å². The van der Waals surface area contributed by atoms with Crippen LogP contribution in [0.15, 0.2) is 0 Å². The summed E-state index contributed by atoms with van der Waals surface area (Å²) < 4.78 is 0.660. The van der Waals surface area contributed by atoms with Gasteiger partial charge in [0, 0.05) is 0 Å². The van der Waals surface area contributed by atoms with E-state index in [4.69, 9.17) is 0 Å². The minimum absolute atomic E-state index is 0.660. The Kier molecular flexibility index (Phi) is 16.6. The van der Waals surface area contributed by atoms with E-state index in [0.29, 0.717) is 4.71 Å². The van der Waals surface area contributed by atoms with Gasteiger partial charge in [0.25, 0.3) is 0 Å². The lowest BCUT2D eigenvalue weighted by Crippen LogP contribution is -2.22. The maximum atomic E-state index is 2.38. The van der Waals surface area contributed by atoms with Crippen molar-refractivity contribution in [2.45, 2.75) is 82.8 Å². The van der Waals surface area contributed by atoms with Crippen molar-refractivity contribution in [3.05, 3.63) is 0 Å². The first kappa shape index (κ1) is 20.7. The number of hydrogen-bond donors (Lipinski definition) is 0. The van der Waals surface area contributed by atoms with Gasteiger partial charge in [0.1, 0.15) is 4.71 Å².